The molecule has 0 aliphatic heterocycles. The Morgan fingerprint density at radius 1 is 1.00 bits per heavy atom. The summed E-state index contributed by atoms with van der Waals surface area (Å²) in [5, 5.41) is 4.65. The van der Waals surface area contributed by atoms with Crippen LogP contribution < -0.4 is 5.32 Å². The number of hydrogen-bond donors (Lipinski definition) is 1. The van der Waals surface area contributed by atoms with Gasteiger partial charge in [-0.3, -0.25) is 4.79 Å². The van der Waals surface area contributed by atoms with Crippen LogP contribution in [0.1, 0.15) is 0 Å². The molecular weight excluding hydrogens is 372 g/mol. The summed E-state index contributed by atoms with van der Waals surface area (Å²) in [6.45, 7) is 0. The molecule has 2 nitrogen and oxygen atoms in total. The highest BCUT2D eigenvalue weighted by Gasteiger charge is 2.11. The van der Waals surface area contributed by atoms with E-state index in [0.717, 1.165) is 0 Å². The number of amides is 1. The fourth-order valence-corrected chi connectivity index (χ4v) is 3.36. The van der Waals surface area contributed by atoms with Crippen molar-refractivity contribution >= 4 is 69.8 Å². The van der Waals surface area contributed by atoms with Crippen molar-refractivity contribution in [3.63, 3.8) is 0 Å². The Balaban J connectivity index is 2.01. The van der Waals surface area contributed by atoms with Crippen LogP contribution in [0.25, 0.3) is 0 Å². The number of thioether (sulfide) groups is 1. The van der Waals surface area contributed by atoms with Crippen molar-refractivity contribution in [2.45, 2.75) is 4.90 Å². The van der Waals surface area contributed by atoms with Gasteiger partial charge in [0.1, 0.15) is 0 Å². The summed E-state index contributed by atoms with van der Waals surface area (Å²) in [6.07, 6.45) is 0. The maximum absolute atomic E-state index is 12.0. The van der Waals surface area contributed by atoms with Gasteiger partial charge in [0.05, 0.1) is 26.5 Å². The predicted molar refractivity (Wildman–Crippen MR) is 92.3 cm³/mol. The number of benzene rings is 2. The van der Waals surface area contributed by atoms with E-state index in [1.807, 2.05) is 0 Å². The third-order valence-electron chi connectivity index (χ3n) is 2.47. The smallest absolute Gasteiger partial charge is 0.234 e. The summed E-state index contributed by atoms with van der Waals surface area (Å²) < 4.78 is 0. The number of hydrogen-bond acceptors (Lipinski definition) is 2. The second kappa shape index (κ2) is 7.61. The minimum atomic E-state index is -0.222. The lowest BCUT2D eigenvalue weighted by molar-refractivity contribution is -0.113. The highest BCUT2D eigenvalue weighted by Crippen LogP contribution is 2.34. The molecule has 0 radical (unpaired) electrons. The molecule has 0 unspecified atom stereocenters. The number of nitrogens with one attached hydrogen (secondary N) is 1. The van der Waals surface area contributed by atoms with Crippen LogP contribution in [0.3, 0.4) is 0 Å². The molecule has 0 spiro atoms. The van der Waals surface area contributed by atoms with Crippen LogP contribution >= 0.6 is 58.2 Å². The van der Waals surface area contributed by atoms with E-state index < -0.39 is 0 Å². The Morgan fingerprint density at radius 2 is 1.67 bits per heavy atom. The molecule has 0 bridgehead atoms. The molecule has 0 aliphatic rings. The van der Waals surface area contributed by atoms with Gasteiger partial charge in [0.25, 0.3) is 0 Å². The summed E-state index contributed by atoms with van der Waals surface area (Å²) in [5.41, 5.74) is 0.472. The third kappa shape index (κ3) is 4.70. The van der Waals surface area contributed by atoms with Gasteiger partial charge in [0, 0.05) is 9.92 Å². The number of halogens is 4. The molecule has 7 heteroatoms. The predicted octanol–water partition coefficient (Wildman–Crippen LogP) is 6.03. The Hall–Kier alpha value is -0.580. The Labute approximate surface area is 146 Å². The van der Waals surface area contributed by atoms with Gasteiger partial charge in [0.2, 0.25) is 5.91 Å². The van der Waals surface area contributed by atoms with Gasteiger partial charge >= 0.3 is 0 Å². The first-order valence-corrected chi connectivity index (χ1v) is 8.29. The lowest BCUT2D eigenvalue weighted by Gasteiger charge is -2.09. The van der Waals surface area contributed by atoms with Crippen LogP contribution in [-0.2, 0) is 4.79 Å². The van der Waals surface area contributed by atoms with Crippen LogP contribution in [0.4, 0.5) is 5.69 Å². The van der Waals surface area contributed by atoms with Gasteiger partial charge in [0.15, 0.2) is 0 Å². The molecule has 0 atom stereocenters. The zero-order valence-corrected chi connectivity index (χ0v) is 14.3. The molecule has 2 aromatic rings. The van der Waals surface area contributed by atoms with E-state index in [0.29, 0.717) is 30.7 Å². The molecule has 0 aromatic heterocycles. The van der Waals surface area contributed by atoms with Crippen LogP contribution in [0.15, 0.2) is 41.3 Å². The highest BCUT2D eigenvalue weighted by molar-refractivity contribution is 8.00. The Morgan fingerprint density at radius 3 is 2.33 bits per heavy atom. The molecule has 2 rings (SSSR count). The van der Waals surface area contributed by atoms with Crippen molar-refractivity contribution in [2.75, 3.05) is 11.1 Å². The van der Waals surface area contributed by atoms with Crippen molar-refractivity contribution in [3.8, 4) is 0 Å². The van der Waals surface area contributed by atoms with Crippen molar-refractivity contribution in [1.29, 1.82) is 0 Å². The zero-order valence-electron chi connectivity index (χ0n) is 10.5. The van der Waals surface area contributed by atoms with E-state index in [-0.39, 0.29) is 11.7 Å². The fourth-order valence-electron chi connectivity index (χ4n) is 1.54. The first-order valence-electron chi connectivity index (χ1n) is 5.79. The standard InChI is InChI=1S/C14H9Cl4NOS/c15-8-4-5-9(16)12(6-8)19-13(20)7-21-14-10(17)2-1-3-11(14)18/h1-6H,7H2,(H,19,20). The lowest BCUT2D eigenvalue weighted by atomic mass is 10.3. The Bertz CT molecular complexity index is 658. The molecule has 0 saturated heterocycles. The molecule has 2 aromatic carbocycles. The van der Waals surface area contributed by atoms with E-state index in [4.69, 9.17) is 46.4 Å². The van der Waals surface area contributed by atoms with Crippen molar-refractivity contribution in [2.24, 2.45) is 0 Å². The summed E-state index contributed by atoms with van der Waals surface area (Å²) in [6, 6.07) is 10.1. The second-order valence-electron chi connectivity index (χ2n) is 4.01. The van der Waals surface area contributed by atoms with Crippen LogP contribution in [0, 0.1) is 0 Å². The second-order valence-corrected chi connectivity index (χ2v) is 6.66. The molecule has 0 saturated carbocycles. The molecule has 0 fully saturated rings. The van der Waals surface area contributed by atoms with Gasteiger partial charge in [-0.05, 0) is 30.3 Å². The molecule has 1 amide bonds. The average molecular weight is 381 g/mol. The maximum atomic E-state index is 12.0. The van der Waals surface area contributed by atoms with E-state index in [9.17, 15) is 4.79 Å². The monoisotopic (exact) mass is 379 g/mol. The summed E-state index contributed by atoms with van der Waals surface area (Å²) in [5.74, 6) is -0.0631. The van der Waals surface area contributed by atoms with Crippen molar-refractivity contribution in [3.05, 3.63) is 56.5 Å². The van der Waals surface area contributed by atoms with Crippen LogP contribution in [0.5, 0.6) is 0 Å². The van der Waals surface area contributed by atoms with Crippen molar-refractivity contribution < 1.29 is 4.79 Å². The summed E-state index contributed by atoms with van der Waals surface area (Å²) >= 11 is 25.2. The summed E-state index contributed by atoms with van der Waals surface area (Å²) in [4.78, 5) is 12.6. The molecule has 21 heavy (non-hydrogen) atoms. The lowest BCUT2D eigenvalue weighted by Crippen LogP contribution is -2.14. The number of anilines is 1. The van der Waals surface area contributed by atoms with E-state index in [1.165, 1.54) is 11.8 Å². The quantitative estimate of drug-likeness (QED) is 0.656. The van der Waals surface area contributed by atoms with Crippen LogP contribution in [-0.4, -0.2) is 11.7 Å². The minimum absolute atomic E-state index is 0.159. The average Bonchev–Trinajstić information content (AvgIpc) is 2.42. The number of carbonyl (C=O) groups is 1. The van der Waals surface area contributed by atoms with Crippen LogP contribution in [0.2, 0.25) is 20.1 Å². The first kappa shape index (κ1) is 16.8. The molecule has 1 N–H and O–H groups in total. The van der Waals surface area contributed by atoms with Crippen molar-refractivity contribution in [1.82, 2.24) is 0 Å². The van der Waals surface area contributed by atoms with E-state index in [2.05, 4.69) is 5.32 Å². The third-order valence-corrected chi connectivity index (χ3v) is 5.02. The highest BCUT2D eigenvalue weighted by atomic mass is 35.5. The number of carbonyl (C=O) groups excluding carboxylic acids is 1. The van der Waals surface area contributed by atoms with E-state index in [1.54, 1.807) is 36.4 Å². The van der Waals surface area contributed by atoms with Gasteiger partial charge < -0.3 is 5.32 Å². The van der Waals surface area contributed by atoms with Gasteiger partial charge in [-0.1, -0.05) is 52.5 Å². The van der Waals surface area contributed by atoms with Gasteiger partial charge in [-0.2, -0.15) is 0 Å². The topological polar surface area (TPSA) is 29.1 Å². The van der Waals surface area contributed by atoms with Gasteiger partial charge in [-0.15, -0.1) is 11.8 Å². The zero-order chi connectivity index (χ0) is 15.4. The van der Waals surface area contributed by atoms with Gasteiger partial charge in [-0.25, -0.2) is 0 Å². The fraction of sp³-hybridized carbons (Fsp3) is 0.0714. The Kier molecular flexibility index (Phi) is 6.08. The number of rotatable bonds is 4. The maximum Gasteiger partial charge on any atom is 0.234 e. The molecular formula is C14H9Cl4NOS. The first-order chi connectivity index (χ1) is 9.97. The molecule has 0 heterocycles. The largest absolute Gasteiger partial charge is 0.324 e. The molecule has 110 valence electrons. The SMILES string of the molecule is O=C(CSc1c(Cl)cccc1Cl)Nc1cc(Cl)ccc1Cl. The van der Waals surface area contributed by atoms with E-state index >= 15 is 0 Å². The minimum Gasteiger partial charge on any atom is -0.324 e. The molecule has 0 aliphatic carbocycles. The summed E-state index contributed by atoms with van der Waals surface area (Å²) in [7, 11) is 0. The normalized spacial score (nSPS) is 10.5.